The van der Waals surface area contributed by atoms with E-state index >= 15 is 0 Å². The molecule has 3 rings (SSSR count). The van der Waals surface area contributed by atoms with Gasteiger partial charge in [-0.05, 0) is 31.2 Å². The first-order chi connectivity index (χ1) is 11.5. The molecule has 1 fully saturated rings. The van der Waals surface area contributed by atoms with Crippen LogP contribution in [0.2, 0.25) is 0 Å². The molecule has 0 N–H and O–H groups in total. The molecule has 0 radical (unpaired) electrons. The van der Waals surface area contributed by atoms with Crippen LogP contribution in [0.4, 0.5) is 11.4 Å². The summed E-state index contributed by atoms with van der Waals surface area (Å²) in [4.78, 5) is 28.3. The fourth-order valence-corrected chi connectivity index (χ4v) is 2.81. The number of anilines is 1. The third kappa shape index (κ3) is 3.34. The van der Waals surface area contributed by atoms with Gasteiger partial charge in [0.05, 0.1) is 17.7 Å². The molecule has 1 aromatic heterocycles. The Morgan fingerprint density at radius 1 is 1.42 bits per heavy atom. The van der Waals surface area contributed by atoms with Crippen LogP contribution in [0, 0.1) is 10.1 Å². The Morgan fingerprint density at radius 3 is 2.92 bits per heavy atom. The monoisotopic (exact) mass is 327 g/mol. The molecule has 7 nitrogen and oxygen atoms in total. The smallest absolute Gasteiger partial charge is 0.293 e. The number of nitro benzene ring substituents is 1. The normalized spacial score (nSPS) is 16.9. The van der Waals surface area contributed by atoms with Crippen molar-refractivity contribution in [3.05, 3.63) is 58.4 Å². The van der Waals surface area contributed by atoms with E-state index in [9.17, 15) is 14.9 Å². The lowest BCUT2D eigenvalue weighted by Crippen LogP contribution is -2.25. The van der Waals surface area contributed by atoms with Crippen LogP contribution in [-0.4, -0.2) is 34.9 Å². The van der Waals surface area contributed by atoms with Crippen molar-refractivity contribution >= 4 is 17.2 Å². The van der Waals surface area contributed by atoms with Crippen molar-refractivity contribution in [2.45, 2.75) is 19.4 Å². The molecular formula is C17H17N3O4. The molecule has 0 amide bonds. The van der Waals surface area contributed by atoms with Crippen LogP contribution in [0.1, 0.15) is 23.7 Å². The van der Waals surface area contributed by atoms with E-state index < -0.39 is 4.92 Å². The quantitative estimate of drug-likeness (QED) is 0.477. The van der Waals surface area contributed by atoms with Gasteiger partial charge in [-0.3, -0.25) is 19.9 Å². The zero-order valence-corrected chi connectivity index (χ0v) is 13.2. The average molecular weight is 327 g/mol. The number of carbonyl (C=O) groups excluding carboxylic acids is 1. The maximum atomic E-state index is 11.4. The summed E-state index contributed by atoms with van der Waals surface area (Å²) >= 11 is 0. The average Bonchev–Trinajstić information content (AvgIpc) is 3.03. The van der Waals surface area contributed by atoms with Crippen LogP contribution in [0.3, 0.4) is 0 Å². The van der Waals surface area contributed by atoms with Gasteiger partial charge in [0.25, 0.3) is 5.69 Å². The molecule has 0 spiro atoms. The van der Waals surface area contributed by atoms with E-state index in [4.69, 9.17) is 4.74 Å². The molecule has 2 aromatic rings. The van der Waals surface area contributed by atoms with Crippen LogP contribution in [0.25, 0.3) is 0 Å². The lowest BCUT2D eigenvalue weighted by atomic mass is 10.1. The SMILES string of the molecule is CC(=O)c1ccc(N2CC[C@@H](Oc3cccnc3)C2)c([N+](=O)[O-])c1. The number of nitro groups is 1. The first kappa shape index (κ1) is 15.9. The second-order valence-corrected chi connectivity index (χ2v) is 5.68. The van der Waals surface area contributed by atoms with Gasteiger partial charge in [0, 0.05) is 30.8 Å². The summed E-state index contributed by atoms with van der Waals surface area (Å²) < 4.78 is 5.86. The second-order valence-electron chi connectivity index (χ2n) is 5.68. The number of benzene rings is 1. The fourth-order valence-electron chi connectivity index (χ4n) is 2.81. The van der Waals surface area contributed by atoms with Crippen molar-refractivity contribution < 1.29 is 14.5 Å². The summed E-state index contributed by atoms with van der Waals surface area (Å²) in [5.74, 6) is 0.495. The molecule has 0 unspecified atom stereocenters. The maximum Gasteiger partial charge on any atom is 0.293 e. The molecular weight excluding hydrogens is 310 g/mol. The first-order valence-electron chi connectivity index (χ1n) is 7.65. The van der Waals surface area contributed by atoms with Gasteiger partial charge >= 0.3 is 0 Å². The van der Waals surface area contributed by atoms with Crippen LogP contribution >= 0.6 is 0 Å². The zero-order valence-electron chi connectivity index (χ0n) is 13.2. The van der Waals surface area contributed by atoms with Crippen LogP contribution < -0.4 is 9.64 Å². The van der Waals surface area contributed by atoms with Crippen LogP contribution in [0.5, 0.6) is 5.75 Å². The number of hydrogen-bond acceptors (Lipinski definition) is 6. The van der Waals surface area contributed by atoms with Gasteiger partial charge in [-0.2, -0.15) is 0 Å². The van der Waals surface area contributed by atoms with Gasteiger partial charge in [-0.25, -0.2) is 0 Å². The minimum atomic E-state index is -0.447. The maximum absolute atomic E-state index is 11.4. The Hall–Kier alpha value is -2.96. The molecule has 1 aromatic carbocycles. The molecule has 7 heteroatoms. The first-order valence-corrected chi connectivity index (χ1v) is 7.65. The van der Waals surface area contributed by atoms with Crippen LogP contribution in [0.15, 0.2) is 42.7 Å². The zero-order chi connectivity index (χ0) is 17.1. The predicted molar refractivity (Wildman–Crippen MR) is 88.6 cm³/mol. The third-order valence-corrected chi connectivity index (χ3v) is 4.00. The Labute approximate surface area is 139 Å². The van der Waals surface area contributed by atoms with Crippen LogP contribution in [-0.2, 0) is 0 Å². The van der Waals surface area contributed by atoms with Crippen molar-refractivity contribution in [1.82, 2.24) is 4.98 Å². The number of pyridine rings is 1. The molecule has 0 saturated carbocycles. The minimum Gasteiger partial charge on any atom is -0.487 e. The van der Waals surface area contributed by atoms with Crippen molar-refractivity contribution in [3.63, 3.8) is 0 Å². The largest absolute Gasteiger partial charge is 0.487 e. The Bertz CT molecular complexity index is 764. The number of aromatic nitrogens is 1. The van der Waals surface area contributed by atoms with E-state index in [1.165, 1.54) is 13.0 Å². The number of ketones is 1. The Morgan fingerprint density at radius 2 is 2.25 bits per heavy atom. The van der Waals surface area contributed by atoms with E-state index in [2.05, 4.69) is 4.98 Å². The van der Waals surface area contributed by atoms with Gasteiger partial charge in [-0.15, -0.1) is 0 Å². The number of ether oxygens (including phenoxy) is 1. The highest BCUT2D eigenvalue weighted by Gasteiger charge is 2.29. The number of rotatable bonds is 5. The Kier molecular flexibility index (Phi) is 4.41. The van der Waals surface area contributed by atoms with E-state index in [-0.39, 0.29) is 17.6 Å². The Balaban J connectivity index is 1.78. The molecule has 0 aliphatic carbocycles. The van der Waals surface area contributed by atoms with E-state index in [1.807, 2.05) is 11.0 Å². The molecule has 1 saturated heterocycles. The number of nitrogens with zero attached hydrogens (tertiary/aromatic N) is 3. The lowest BCUT2D eigenvalue weighted by molar-refractivity contribution is -0.384. The van der Waals surface area contributed by atoms with Crippen molar-refractivity contribution in [2.24, 2.45) is 0 Å². The highest BCUT2D eigenvalue weighted by atomic mass is 16.6. The molecule has 1 atom stereocenters. The van der Waals surface area contributed by atoms with Crippen molar-refractivity contribution in [3.8, 4) is 5.75 Å². The summed E-state index contributed by atoms with van der Waals surface area (Å²) in [6.45, 7) is 2.60. The third-order valence-electron chi connectivity index (χ3n) is 4.00. The lowest BCUT2D eigenvalue weighted by Gasteiger charge is -2.19. The molecule has 0 bridgehead atoms. The van der Waals surface area contributed by atoms with Crippen molar-refractivity contribution in [2.75, 3.05) is 18.0 Å². The standard InChI is InChI=1S/C17H17N3O4/c1-12(21)13-4-5-16(17(9-13)20(22)23)19-8-6-15(11-19)24-14-3-2-7-18-10-14/h2-5,7,9-10,15H,6,8,11H2,1H3/t15-/m1/s1. The molecule has 2 heterocycles. The molecule has 1 aliphatic rings. The summed E-state index contributed by atoms with van der Waals surface area (Å²) in [6, 6.07) is 8.24. The van der Waals surface area contributed by atoms with Gasteiger partial charge in [0.1, 0.15) is 17.5 Å². The van der Waals surface area contributed by atoms with Gasteiger partial charge < -0.3 is 9.64 Å². The number of carbonyl (C=O) groups is 1. The molecule has 24 heavy (non-hydrogen) atoms. The van der Waals surface area contributed by atoms with E-state index in [1.54, 1.807) is 30.6 Å². The summed E-state index contributed by atoms with van der Waals surface area (Å²) in [5.41, 5.74) is 0.805. The summed E-state index contributed by atoms with van der Waals surface area (Å²) in [6.07, 6.45) is 4.03. The molecule has 1 aliphatic heterocycles. The highest BCUT2D eigenvalue weighted by molar-refractivity contribution is 5.95. The highest BCUT2D eigenvalue weighted by Crippen LogP contribution is 2.32. The van der Waals surface area contributed by atoms with E-state index in [0.717, 1.165) is 6.42 Å². The number of hydrogen-bond donors (Lipinski definition) is 0. The predicted octanol–water partition coefficient (Wildman–Crippen LogP) is 2.85. The molecule has 124 valence electrons. The topological polar surface area (TPSA) is 85.6 Å². The van der Waals surface area contributed by atoms with Gasteiger partial charge in [-0.1, -0.05) is 0 Å². The van der Waals surface area contributed by atoms with Gasteiger partial charge in [0.2, 0.25) is 0 Å². The van der Waals surface area contributed by atoms with Crippen molar-refractivity contribution in [1.29, 1.82) is 0 Å². The van der Waals surface area contributed by atoms with E-state index in [0.29, 0.717) is 30.1 Å². The summed E-state index contributed by atoms with van der Waals surface area (Å²) in [5, 5.41) is 11.4. The summed E-state index contributed by atoms with van der Waals surface area (Å²) in [7, 11) is 0. The van der Waals surface area contributed by atoms with Gasteiger partial charge in [0.15, 0.2) is 5.78 Å². The minimum absolute atomic E-state index is 0.0512. The fraction of sp³-hybridized carbons (Fsp3) is 0.294. The second kappa shape index (κ2) is 6.66. The number of Topliss-reactive ketones (excluding diaryl/α,β-unsaturated/α-hetero) is 1.